The van der Waals surface area contributed by atoms with E-state index in [9.17, 15) is 4.79 Å². The van der Waals surface area contributed by atoms with Gasteiger partial charge < -0.3 is 24.8 Å². The maximum absolute atomic E-state index is 12.8. The minimum absolute atomic E-state index is 0.226. The van der Waals surface area contributed by atoms with Gasteiger partial charge in [0.1, 0.15) is 17.2 Å². The van der Waals surface area contributed by atoms with Crippen LogP contribution in [0.15, 0.2) is 72.2 Å². The molecule has 0 saturated carbocycles. The number of nitrogens with one attached hydrogen (secondary N) is 4. The summed E-state index contributed by atoms with van der Waals surface area (Å²) in [6.07, 6.45) is 7.00. The van der Waals surface area contributed by atoms with Gasteiger partial charge in [-0.2, -0.15) is 0 Å². The summed E-state index contributed by atoms with van der Waals surface area (Å²) in [7, 11) is 0. The van der Waals surface area contributed by atoms with Crippen molar-refractivity contribution in [3.8, 4) is 17.1 Å². The zero-order valence-electron chi connectivity index (χ0n) is 17.8. The SMILES string of the molecule is Cc1cc(-n2ccnc2)cc2[nH]c(-c3c(NCc4nc5ccccc5[nH]4)cc[nH]c3=O)nc12. The molecule has 0 aliphatic rings. The molecule has 0 saturated heterocycles. The van der Waals surface area contributed by atoms with E-state index in [1.807, 2.05) is 60.2 Å². The minimum atomic E-state index is -0.226. The zero-order chi connectivity index (χ0) is 22.4. The molecule has 4 aromatic heterocycles. The smallest absolute Gasteiger partial charge is 0.261 e. The van der Waals surface area contributed by atoms with E-state index in [1.165, 1.54) is 0 Å². The third-order valence-corrected chi connectivity index (χ3v) is 5.65. The number of rotatable bonds is 5. The van der Waals surface area contributed by atoms with E-state index in [4.69, 9.17) is 4.98 Å². The van der Waals surface area contributed by atoms with Crippen molar-refractivity contribution in [2.24, 2.45) is 0 Å². The minimum Gasteiger partial charge on any atom is -0.377 e. The van der Waals surface area contributed by atoms with Gasteiger partial charge in [-0.3, -0.25) is 4.79 Å². The van der Waals surface area contributed by atoms with Gasteiger partial charge in [0.2, 0.25) is 0 Å². The van der Waals surface area contributed by atoms with Crippen molar-refractivity contribution in [2.75, 3.05) is 5.32 Å². The molecular weight excluding hydrogens is 416 g/mol. The summed E-state index contributed by atoms with van der Waals surface area (Å²) >= 11 is 0. The first-order valence-corrected chi connectivity index (χ1v) is 10.5. The number of imidazole rings is 3. The van der Waals surface area contributed by atoms with E-state index >= 15 is 0 Å². The van der Waals surface area contributed by atoms with Gasteiger partial charge in [-0.1, -0.05) is 12.1 Å². The van der Waals surface area contributed by atoms with E-state index < -0.39 is 0 Å². The zero-order valence-corrected chi connectivity index (χ0v) is 17.8. The number of para-hydroxylation sites is 2. The second-order valence-corrected chi connectivity index (χ2v) is 7.86. The van der Waals surface area contributed by atoms with Crippen molar-refractivity contribution in [3.05, 3.63) is 89.1 Å². The maximum Gasteiger partial charge on any atom is 0.261 e. The lowest BCUT2D eigenvalue weighted by atomic mass is 10.2. The Morgan fingerprint density at radius 2 is 1.97 bits per heavy atom. The normalized spacial score (nSPS) is 11.4. The topological polar surface area (TPSA) is 120 Å². The largest absolute Gasteiger partial charge is 0.377 e. The first-order chi connectivity index (χ1) is 16.2. The number of H-pyrrole nitrogens is 3. The highest BCUT2D eigenvalue weighted by atomic mass is 16.1. The molecule has 9 heteroatoms. The van der Waals surface area contributed by atoms with Crippen LogP contribution >= 0.6 is 0 Å². The second kappa shape index (κ2) is 7.49. The molecule has 0 fully saturated rings. The third kappa shape index (κ3) is 3.35. The standard InChI is InChI=1S/C24H20N8O/c1-14-10-15(32-9-8-25-13-32)11-19-22(14)31-23(30-19)21-18(6-7-26-24(21)33)27-12-20-28-16-4-2-3-5-17(16)29-20/h2-11,13H,12H2,1H3,(H,28,29)(H,30,31)(H2,26,27,33). The van der Waals surface area contributed by atoms with Crippen molar-refractivity contribution < 1.29 is 0 Å². The molecule has 2 aromatic carbocycles. The van der Waals surface area contributed by atoms with E-state index in [0.29, 0.717) is 23.6 Å². The fraction of sp³-hybridized carbons (Fsp3) is 0.0833. The molecule has 6 aromatic rings. The number of nitrogens with zero attached hydrogens (tertiary/aromatic N) is 4. The van der Waals surface area contributed by atoms with Crippen LogP contribution in [-0.2, 0) is 6.54 Å². The molecule has 0 radical (unpaired) electrons. The highest BCUT2D eigenvalue weighted by Gasteiger charge is 2.16. The Morgan fingerprint density at radius 1 is 1.06 bits per heavy atom. The number of anilines is 1. The van der Waals surface area contributed by atoms with Crippen molar-refractivity contribution in [1.29, 1.82) is 0 Å². The predicted molar refractivity (Wildman–Crippen MR) is 127 cm³/mol. The second-order valence-electron chi connectivity index (χ2n) is 7.86. The number of hydrogen-bond donors (Lipinski definition) is 4. The molecule has 4 heterocycles. The molecule has 0 spiro atoms. The molecule has 0 bridgehead atoms. The fourth-order valence-corrected chi connectivity index (χ4v) is 4.08. The number of aromatic nitrogens is 7. The first kappa shape index (κ1) is 19.1. The highest BCUT2D eigenvalue weighted by Crippen LogP contribution is 2.27. The number of aryl methyl sites for hydroxylation is 1. The Labute approximate surface area is 187 Å². The lowest BCUT2D eigenvalue weighted by Crippen LogP contribution is -2.13. The third-order valence-electron chi connectivity index (χ3n) is 5.65. The molecule has 0 amide bonds. The quantitative estimate of drug-likeness (QED) is 0.327. The number of hydrogen-bond acceptors (Lipinski definition) is 5. The van der Waals surface area contributed by atoms with Crippen LogP contribution in [0.25, 0.3) is 39.1 Å². The van der Waals surface area contributed by atoms with Crippen molar-refractivity contribution in [2.45, 2.75) is 13.5 Å². The Bertz CT molecular complexity index is 1620. The Balaban J connectivity index is 1.38. The van der Waals surface area contributed by atoms with E-state index in [2.05, 4.69) is 30.2 Å². The van der Waals surface area contributed by atoms with Crippen LogP contribution in [0.2, 0.25) is 0 Å². The summed E-state index contributed by atoms with van der Waals surface area (Å²) in [4.78, 5) is 35.7. The predicted octanol–water partition coefficient (Wildman–Crippen LogP) is 3.90. The van der Waals surface area contributed by atoms with Crippen LogP contribution in [0.5, 0.6) is 0 Å². The summed E-state index contributed by atoms with van der Waals surface area (Å²) in [6.45, 7) is 2.44. The van der Waals surface area contributed by atoms with Crippen molar-refractivity contribution >= 4 is 27.8 Å². The van der Waals surface area contributed by atoms with Gasteiger partial charge in [0.25, 0.3) is 5.56 Å². The monoisotopic (exact) mass is 436 g/mol. The van der Waals surface area contributed by atoms with Gasteiger partial charge in [0, 0.05) is 24.3 Å². The molecule has 0 aliphatic carbocycles. The van der Waals surface area contributed by atoms with Crippen molar-refractivity contribution in [3.63, 3.8) is 0 Å². The van der Waals surface area contributed by atoms with Gasteiger partial charge in [-0.15, -0.1) is 0 Å². The van der Waals surface area contributed by atoms with E-state index in [1.54, 1.807) is 18.7 Å². The van der Waals surface area contributed by atoms with Crippen LogP contribution in [0.1, 0.15) is 11.4 Å². The van der Waals surface area contributed by atoms with Crippen LogP contribution in [0, 0.1) is 6.92 Å². The summed E-state index contributed by atoms with van der Waals surface area (Å²) < 4.78 is 1.93. The average Bonchev–Trinajstić information content (AvgIpc) is 3.56. The van der Waals surface area contributed by atoms with Crippen LogP contribution < -0.4 is 10.9 Å². The van der Waals surface area contributed by atoms with E-state index in [-0.39, 0.29) is 5.56 Å². The Morgan fingerprint density at radius 3 is 2.82 bits per heavy atom. The van der Waals surface area contributed by atoms with Crippen molar-refractivity contribution in [1.82, 2.24) is 34.5 Å². The number of fused-ring (bicyclic) bond motifs is 2. The van der Waals surface area contributed by atoms with Gasteiger partial charge in [-0.05, 0) is 42.8 Å². The lowest BCUT2D eigenvalue weighted by Gasteiger charge is -2.08. The Kier molecular flexibility index (Phi) is 4.32. The van der Waals surface area contributed by atoms with Crippen LogP contribution in [-0.4, -0.2) is 34.5 Å². The summed E-state index contributed by atoms with van der Waals surface area (Å²) in [5.74, 6) is 1.29. The fourth-order valence-electron chi connectivity index (χ4n) is 4.08. The number of benzene rings is 2. The van der Waals surface area contributed by atoms with Crippen LogP contribution in [0.4, 0.5) is 5.69 Å². The van der Waals surface area contributed by atoms with Gasteiger partial charge in [0.15, 0.2) is 0 Å². The summed E-state index contributed by atoms with van der Waals surface area (Å²) in [5, 5.41) is 3.34. The first-order valence-electron chi connectivity index (χ1n) is 10.5. The molecule has 9 nitrogen and oxygen atoms in total. The maximum atomic E-state index is 12.8. The summed E-state index contributed by atoms with van der Waals surface area (Å²) in [6, 6.07) is 13.7. The van der Waals surface area contributed by atoms with Gasteiger partial charge in [0.05, 0.1) is 40.6 Å². The van der Waals surface area contributed by atoms with Gasteiger partial charge >= 0.3 is 0 Å². The lowest BCUT2D eigenvalue weighted by molar-refractivity contribution is 1.01. The average molecular weight is 436 g/mol. The number of aromatic amines is 3. The molecule has 0 atom stereocenters. The molecular formula is C24H20N8O. The molecule has 162 valence electrons. The Hall–Kier alpha value is -4.66. The van der Waals surface area contributed by atoms with Gasteiger partial charge in [-0.25, -0.2) is 15.0 Å². The molecule has 33 heavy (non-hydrogen) atoms. The molecule has 4 N–H and O–H groups in total. The highest BCUT2D eigenvalue weighted by molar-refractivity contribution is 5.86. The molecule has 6 rings (SSSR count). The number of pyridine rings is 1. The molecule has 0 aliphatic heterocycles. The molecule has 0 unspecified atom stereocenters. The van der Waals surface area contributed by atoms with E-state index in [0.717, 1.165) is 39.1 Å². The van der Waals surface area contributed by atoms with Crippen LogP contribution in [0.3, 0.4) is 0 Å². The summed E-state index contributed by atoms with van der Waals surface area (Å²) in [5.41, 5.74) is 6.42.